The summed E-state index contributed by atoms with van der Waals surface area (Å²) in [6.07, 6.45) is 2.08. The first-order chi connectivity index (χ1) is 10.3. The van der Waals surface area contributed by atoms with E-state index in [1.54, 1.807) is 32.9 Å². The summed E-state index contributed by atoms with van der Waals surface area (Å²) in [5, 5.41) is 0. The highest BCUT2D eigenvalue weighted by Gasteiger charge is 2.23. The van der Waals surface area contributed by atoms with Crippen LogP contribution >= 0.6 is 0 Å². The van der Waals surface area contributed by atoms with Crippen LogP contribution < -0.4 is 9.47 Å². The fourth-order valence-electron chi connectivity index (χ4n) is 2.44. The lowest BCUT2D eigenvalue weighted by atomic mass is 9.90. The molecule has 0 spiro atoms. The third-order valence-electron chi connectivity index (χ3n) is 3.31. The maximum absolute atomic E-state index is 12.0. The molecule has 0 unspecified atom stereocenters. The highest BCUT2D eigenvalue weighted by Crippen LogP contribution is 2.34. The molecular formula is C17H22O5. The van der Waals surface area contributed by atoms with Gasteiger partial charge in [-0.2, -0.15) is 0 Å². The molecule has 0 atom stereocenters. The van der Waals surface area contributed by atoms with Crippen molar-refractivity contribution < 1.29 is 23.8 Å². The number of hydrogen-bond donors (Lipinski definition) is 0. The zero-order valence-corrected chi connectivity index (χ0v) is 13.5. The maximum Gasteiger partial charge on any atom is 0.344 e. The fourth-order valence-corrected chi connectivity index (χ4v) is 2.44. The number of rotatable bonds is 4. The van der Waals surface area contributed by atoms with Gasteiger partial charge in [0.1, 0.15) is 17.1 Å². The van der Waals surface area contributed by atoms with E-state index in [1.807, 2.05) is 0 Å². The van der Waals surface area contributed by atoms with Crippen molar-refractivity contribution in [3.8, 4) is 11.5 Å². The maximum atomic E-state index is 12.0. The van der Waals surface area contributed by atoms with E-state index in [0.29, 0.717) is 23.5 Å². The lowest BCUT2D eigenvalue weighted by Gasteiger charge is -2.22. The largest absolute Gasteiger partial charge is 0.497 e. The van der Waals surface area contributed by atoms with Crippen LogP contribution in [-0.2, 0) is 16.0 Å². The molecule has 1 aliphatic carbocycles. The minimum atomic E-state index is -0.551. The van der Waals surface area contributed by atoms with Gasteiger partial charge in [-0.15, -0.1) is 0 Å². The first-order valence-corrected chi connectivity index (χ1v) is 7.39. The number of carbonyl (C=O) groups excluding carboxylic acids is 2. The highest BCUT2D eigenvalue weighted by atomic mass is 16.6. The lowest BCUT2D eigenvalue weighted by Crippen LogP contribution is -2.27. The SMILES string of the molecule is COc1cc(OCC(=O)OC(C)(C)C)c2c(c1)C(=O)CCC2. The summed E-state index contributed by atoms with van der Waals surface area (Å²) in [5.74, 6) is 0.718. The molecule has 1 aromatic carbocycles. The Morgan fingerprint density at radius 3 is 2.59 bits per heavy atom. The van der Waals surface area contributed by atoms with Crippen molar-refractivity contribution in [3.63, 3.8) is 0 Å². The molecule has 5 heteroatoms. The lowest BCUT2D eigenvalue weighted by molar-refractivity contribution is -0.157. The van der Waals surface area contributed by atoms with Gasteiger partial charge in [-0.3, -0.25) is 4.79 Å². The number of esters is 1. The Balaban J connectivity index is 2.18. The third-order valence-corrected chi connectivity index (χ3v) is 3.31. The number of hydrogen-bond acceptors (Lipinski definition) is 5. The summed E-state index contributed by atoms with van der Waals surface area (Å²) in [7, 11) is 1.53. The van der Waals surface area contributed by atoms with Crippen molar-refractivity contribution in [1.29, 1.82) is 0 Å². The van der Waals surface area contributed by atoms with Gasteiger partial charge < -0.3 is 14.2 Å². The summed E-state index contributed by atoms with van der Waals surface area (Å²) >= 11 is 0. The smallest absolute Gasteiger partial charge is 0.344 e. The van der Waals surface area contributed by atoms with Crippen LogP contribution in [-0.4, -0.2) is 31.1 Å². The molecule has 0 heterocycles. The van der Waals surface area contributed by atoms with Crippen LogP contribution in [0, 0.1) is 0 Å². The molecule has 0 amide bonds. The van der Waals surface area contributed by atoms with Gasteiger partial charge in [0.05, 0.1) is 7.11 Å². The van der Waals surface area contributed by atoms with E-state index in [2.05, 4.69) is 0 Å². The molecule has 0 saturated carbocycles. The topological polar surface area (TPSA) is 61.8 Å². The van der Waals surface area contributed by atoms with Gasteiger partial charge in [-0.05, 0) is 39.7 Å². The fraction of sp³-hybridized carbons (Fsp3) is 0.529. The van der Waals surface area contributed by atoms with E-state index in [1.165, 1.54) is 7.11 Å². The van der Waals surface area contributed by atoms with E-state index in [0.717, 1.165) is 18.4 Å². The molecule has 0 bridgehead atoms. The van der Waals surface area contributed by atoms with Crippen molar-refractivity contribution in [1.82, 2.24) is 0 Å². The molecule has 2 rings (SSSR count). The Hall–Kier alpha value is -2.04. The Morgan fingerprint density at radius 2 is 1.95 bits per heavy atom. The molecule has 0 aromatic heterocycles. The van der Waals surface area contributed by atoms with Gasteiger partial charge in [-0.1, -0.05) is 0 Å². The average molecular weight is 306 g/mol. The Bertz CT molecular complexity index is 583. The quantitative estimate of drug-likeness (QED) is 0.800. The average Bonchev–Trinajstić information content (AvgIpc) is 2.43. The molecule has 1 aliphatic rings. The van der Waals surface area contributed by atoms with Crippen LogP contribution in [0.5, 0.6) is 11.5 Å². The van der Waals surface area contributed by atoms with E-state index in [-0.39, 0.29) is 12.4 Å². The molecule has 22 heavy (non-hydrogen) atoms. The second-order valence-corrected chi connectivity index (χ2v) is 6.30. The second-order valence-electron chi connectivity index (χ2n) is 6.30. The van der Waals surface area contributed by atoms with E-state index in [4.69, 9.17) is 14.2 Å². The van der Waals surface area contributed by atoms with Crippen LogP contribution in [0.4, 0.5) is 0 Å². The zero-order chi connectivity index (χ0) is 16.3. The molecule has 0 aliphatic heterocycles. The number of fused-ring (bicyclic) bond motifs is 1. The number of Topliss-reactive ketones (excluding diaryl/α,β-unsaturated/α-hetero) is 1. The first kappa shape index (κ1) is 16.3. The van der Waals surface area contributed by atoms with Crippen LogP contribution in [0.1, 0.15) is 49.5 Å². The monoisotopic (exact) mass is 306 g/mol. The highest BCUT2D eigenvalue weighted by molar-refractivity contribution is 5.99. The van der Waals surface area contributed by atoms with Crippen LogP contribution in [0.3, 0.4) is 0 Å². The van der Waals surface area contributed by atoms with Crippen LogP contribution in [0.25, 0.3) is 0 Å². The van der Waals surface area contributed by atoms with E-state index < -0.39 is 11.6 Å². The van der Waals surface area contributed by atoms with Crippen molar-refractivity contribution >= 4 is 11.8 Å². The predicted molar refractivity (Wildman–Crippen MR) is 81.6 cm³/mol. The molecule has 0 radical (unpaired) electrons. The van der Waals surface area contributed by atoms with E-state index in [9.17, 15) is 9.59 Å². The predicted octanol–water partition coefficient (Wildman–Crippen LogP) is 2.93. The van der Waals surface area contributed by atoms with Gasteiger partial charge >= 0.3 is 5.97 Å². The van der Waals surface area contributed by atoms with Crippen LogP contribution in [0.15, 0.2) is 12.1 Å². The standard InChI is InChI=1S/C17H22O5/c1-17(2,3)22-16(19)10-21-15-9-11(20-4)8-13-12(15)6-5-7-14(13)18/h8-9H,5-7,10H2,1-4H3. The molecule has 0 fully saturated rings. The minimum absolute atomic E-state index is 0.0854. The minimum Gasteiger partial charge on any atom is -0.497 e. The summed E-state index contributed by atoms with van der Waals surface area (Å²) < 4.78 is 16.0. The first-order valence-electron chi connectivity index (χ1n) is 7.39. The molecule has 1 aromatic rings. The number of benzene rings is 1. The summed E-state index contributed by atoms with van der Waals surface area (Å²) in [6.45, 7) is 5.22. The summed E-state index contributed by atoms with van der Waals surface area (Å²) in [5.41, 5.74) is 0.926. The Kier molecular flexibility index (Phi) is 4.74. The number of ether oxygens (including phenoxy) is 3. The summed E-state index contributed by atoms with van der Waals surface area (Å²) in [6, 6.07) is 3.44. The molecule has 5 nitrogen and oxygen atoms in total. The second kappa shape index (κ2) is 6.38. The van der Waals surface area contributed by atoms with Gasteiger partial charge in [0.25, 0.3) is 0 Å². The van der Waals surface area contributed by atoms with E-state index >= 15 is 0 Å². The number of ketones is 1. The summed E-state index contributed by atoms with van der Waals surface area (Å²) in [4.78, 5) is 23.8. The zero-order valence-electron chi connectivity index (χ0n) is 13.5. The molecule has 120 valence electrons. The normalized spacial score (nSPS) is 14.3. The Morgan fingerprint density at radius 1 is 1.23 bits per heavy atom. The molecule has 0 saturated heterocycles. The van der Waals surface area contributed by atoms with Crippen molar-refractivity contribution in [3.05, 3.63) is 23.3 Å². The third kappa shape index (κ3) is 4.00. The van der Waals surface area contributed by atoms with Crippen molar-refractivity contribution in [2.45, 2.75) is 45.6 Å². The van der Waals surface area contributed by atoms with Crippen molar-refractivity contribution in [2.75, 3.05) is 13.7 Å². The molecule has 0 N–H and O–H groups in total. The van der Waals surface area contributed by atoms with Crippen molar-refractivity contribution in [2.24, 2.45) is 0 Å². The van der Waals surface area contributed by atoms with Gasteiger partial charge in [-0.25, -0.2) is 4.79 Å². The van der Waals surface area contributed by atoms with Gasteiger partial charge in [0.15, 0.2) is 12.4 Å². The molecular weight excluding hydrogens is 284 g/mol. The van der Waals surface area contributed by atoms with Gasteiger partial charge in [0, 0.05) is 23.6 Å². The Labute approximate surface area is 130 Å². The number of carbonyl (C=O) groups is 2. The van der Waals surface area contributed by atoms with Gasteiger partial charge in [0.2, 0.25) is 0 Å². The number of methoxy groups -OCH3 is 1. The van der Waals surface area contributed by atoms with Crippen LogP contribution in [0.2, 0.25) is 0 Å².